The summed E-state index contributed by atoms with van der Waals surface area (Å²) in [4.78, 5) is 6.63. The second kappa shape index (κ2) is 7.80. The van der Waals surface area contributed by atoms with Gasteiger partial charge in [0, 0.05) is 19.5 Å². The van der Waals surface area contributed by atoms with Crippen LogP contribution in [0.1, 0.15) is 36.5 Å². The highest BCUT2D eigenvalue weighted by Crippen LogP contribution is 2.18. The van der Waals surface area contributed by atoms with Crippen molar-refractivity contribution in [2.45, 2.75) is 45.8 Å². The number of nitrogens with zero attached hydrogens (tertiary/aromatic N) is 5. The van der Waals surface area contributed by atoms with Gasteiger partial charge in [-0.2, -0.15) is 4.98 Å². The summed E-state index contributed by atoms with van der Waals surface area (Å²) in [5.41, 5.74) is 0. The van der Waals surface area contributed by atoms with E-state index in [9.17, 15) is 0 Å². The Balaban J connectivity index is 1.46. The Bertz CT molecular complexity index is 616. The summed E-state index contributed by atoms with van der Waals surface area (Å²) < 4.78 is 10.4. The molecule has 9 heteroatoms. The van der Waals surface area contributed by atoms with Crippen LogP contribution in [0.2, 0.25) is 0 Å². The van der Waals surface area contributed by atoms with Gasteiger partial charge in [-0.3, -0.25) is 4.90 Å². The Kier molecular flexibility index (Phi) is 5.52. The molecule has 2 aromatic heterocycles. The molecule has 8 nitrogen and oxygen atoms in total. The monoisotopic (exact) mass is 338 g/mol. The molecule has 0 spiro atoms. The maximum absolute atomic E-state index is 5.35. The first-order chi connectivity index (χ1) is 11.2. The Morgan fingerprint density at radius 2 is 2.35 bits per heavy atom. The SMILES string of the molecule is CCOc1nnc(CN[C@H]2CCCN(Cc3noc(C)n3)C2)s1. The highest BCUT2D eigenvalue weighted by Gasteiger charge is 2.21. The van der Waals surface area contributed by atoms with Crippen LogP contribution in [0.15, 0.2) is 4.52 Å². The van der Waals surface area contributed by atoms with Crippen LogP contribution >= 0.6 is 11.3 Å². The van der Waals surface area contributed by atoms with E-state index >= 15 is 0 Å². The number of likely N-dealkylation sites (tertiary alicyclic amines) is 1. The number of aromatic nitrogens is 4. The normalized spacial score (nSPS) is 19.1. The van der Waals surface area contributed by atoms with Crippen LogP contribution in [-0.4, -0.2) is 51.0 Å². The lowest BCUT2D eigenvalue weighted by atomic mass is 10.1. The molecular formula is C14H22N6O2S. The summed E-state index contributed by atoms with van der Waals surface area (Å²) in [6, 6.07) is 0.441. The van der Waals surface area contributed by atoms with Crippen LogP contribution in [0, 0.1) is 6.92 Å². The van der Waals surface area contributed by atoms with Crippen molar-refractivity contribution in [3.05, 3.63) is 16.7 Å². The first kappa shape index (κ1) is 16.3. The molecule has 0 unspecified atom stereocenters. The summed E-state index contributed by atoms with van der Waals surface area (Å²) in [5, 5.41) is 17.3. The molecule has 1 aliphatic heterocycles. The average Bonchev–Trinajstić information content (AvgIpc) is 3.15. The molecule has 0 bridgehead atoms. The zero-order valence-electron chi connectivity index (χ0n) is 13.5. The molecule has 3 heterocycles. The zero-order chi connectivity index (χ0) is 16.1. The molecule has 0 aliphatic carbocycles. The second-order valence-corrected chi connectivity index (χ2v) is 6.60. The van der Waals surface area contributed by atoms with Gasteiger partial charge in [0.15, 0.2) is 5.82 Å². The lowest BCUT2D eigenvalue weighted by molar-refractivity contribution is 0.177. The maximum atomic E-state index is 5.35. The number of piperidine rings is 1. The predicted molar refractivity (Wildman–Crippen MR) is 85.3 cm³/mol. The van der Waals surface area contributed by atoms with E-state index in [2.05, 4.69) is 30.6 Å². The van der Waals surface area contributed by atoms with Gasteiger partial charge in [-0.25, -0.2) is 0 Å². The van der Waals surface area contributed by atoms with E-state index in [1.54, 1.807) is 0 Å². The van der Waals surface area contributed by atoms with Gasteiger partial charge in [0.1, 0.15) is 5.01 Å². The first-order valence-electron chi connectivity index (χ1n) is 7.93. The summed E-state index contributed by atoms with van der Waals surface area (Å²) in [5.74, 6) is 1.38. The van der Waals surface area contributed by atoms with Gasteiger partial charge in [-0.15, -0.1) is 10.2 Å². The van der Waals surface area contributed by atoms with Crippen molar-refractivity contribution in [1.29, 1.82) is 0 Å². The molecule has 2 aromatic rings. The van der Waals surface area contributed by atoms with Crippen molar-refractivity contribution in [2.75, 3.05) is 19.7 Å². The third-order valence-corrected chi connectivity index (χ3v) is 4.53. The molecule has 1 fully saturated rings. The van der Waals surface area contributed by atoms with E-state index in [-0.39, 0.29) is 0 Å². The van der Waals surface area contributed by atoms with Gasteiger partial charge >= 0.3 is 0 Å². The fourth-order valence-electron chi connectivity index (χ4n) is 2.69. The van der Waals surface area contributed by atoms with Crippen molar-refractivity contribution < 1.29 is 9.26 Å². The fourth-order valence-corrected chi connectivity index (χ4v) is 3.39. The van der Waals surface area contributed by atoms with Crippen molar-refractivity contribution in [2.24, 2.45) is 0 Å². The number of aryl methyl sites for hydroxylation is 1. The standard InChI is InChI=1S/C14H22N6O2S/c1-3-21-14-18-17-13(23-14)7-15-11-5-4-6-20(8-11)9-12-16-10(2)22-19-12/h11,15H,3-9H2,1-2H3/t11-/m0/s1. The summed E-state index contributed by atoms with van der Waals surface area (Å²) in [6.45, 7) is 7.89. The number of rotatable bonds is 7. The third-order valence-electron chi connectivity index (χ3n) is 3.70. The maximum Gasteiger partial charge on any atom is 0.294 e. The molecular weight excluding hydrogens is 316 g/mol. The third kappa shape index (κ3) is 4.69. The number of hydrogen-bond acceptors (Lipinski definition) is 9. The minimum atomic E-state index is 0.441. The molecule has 1 aliphatic rings. The molecule has 1 atom stereocenters. The highest BCUT2D eigenvalue weighted by molar-refractivity contribution is 7.13. The Hall–Kier alpha value is -1.58. The number of nitrogens with one attached hydrogen (secondary N) is 1. The molecule has 0 aromatic carbocycles. The van der Waals surface area contributed by atoms with E-state index in [0.717, 1.165) is 43.4 Å². The summed E-state index contributed by atoms with van der Waals surface area (Å²) in [7, 11) is 0. The van der Waals surface area contributed by atoms with Crippen LogP contribution < -0.4 is 10.1 Å². The minimum absolute atomic E-state index is 0.441. The Morgan fingerprint density at radius 3 is 3.13 bits per heavy atom. The minimum Gasteiger partial charge on any atom is -0.469 e. The van der Waals surface area contributed by atoms with Gasteiger partial charge in [0.25, 0.3) is 5.19 Å². The number of hydrogen-bond donors (Lipinski definition) is 1. The van der Waals surface area contributed by atoms with Crippen molar-refractivity contribution in [3.8, 4) is 5.19 Å². The fraction of sp³-hybridized carbons (Fsp3) is 0.714. The average molecular weight is 338 g/mol. The van der Waals surface area contributed by atoms with Crippen molar-refractivity contribution in [1.82, 2.24) is 30.6 Å². The Labute approximate surface area is 139 Å². The number of ether oxygens (including phenoxy) is 1. The van der Waals surface area contributed by atoms with Gasteiger partial charge in [0.05, 0.1) is 19.7 Å². The predicted octanol–water partition coefficient (Wildman–Crippen LogP) is 1.38. The topological polar surface area (TPSA) is 89.2 Å². The van der Waals surface area contributed by atoms with E-state index in [0.29, 0.717) is 23.7 Å². The second-order valence-electron chi connectivity index (χ2n) is 5.58. The van der Waals surface area contributed by atoms with Gasteiger partial charge in [-0.05, 0) is 26.3 Å². The van der Waals surface area contributed by atoms with Gasteiger partial charge in [0.2, 0.25) is 5.89 Å². The van der Waals surface area contributed by atoms with Gasteiger partial charge < -0.3 is 14.6 Å². The van der Waals surface area contributed by atoms with E-state index in [4.69, 9.17) is 9.26 Å². The molecule has 0 saturated carbocycles. The largest absolute Gasteiger partial charge is 0.469 e. The quantitative estimate of drug-likeness (QED) is 0.810. The Morgan fingerprint density at radius 1 is 1.43 bits per heavy atom. The van der Waals surface area contributed by atoms with Crippen LogP contribution in [0.25, 0.3) is 0 Å². The molecule has 23 heavy (non-hydrogen) atoms. The highest BCUT2D eigenvalue weighted by atomic mass is 32.1. The van der Waals surface area contributed by atoms with Crippen molar-refractivity contribution in [3.63, 3.8) is 0 Å². The zero-order valence-corrected chi connectivity index (χ0v) is 14.3. The van der Waals surface area contributed by atoms with Crippen molar-refractivity contribution >= 4 is 11.3 Å². The van der Waals surface area contributed by atoms with E-state index < -0.39 is 0 Å². The molecule has 0 amide bonds. The van der Waals surface area contributed by atoms with E-state index in [1.807, 2.05) is 13.8 Å². The van der Waals surface area contributed by atoms with Crippen LogP contribution in [0.5, 0.6) is 5.19 Å². The van der Waals surface area contributed by atoms with Crippen LogP contribution in [0.3, 0.4) is 0 Å². The lowest BCUT2D eigenvalue weighted by Crippen LogP contribution is -2.45. The summed E-state index contributed by atoms with van der Waals surface area (Å²) >= 11 is 1.50. The first-order valence-corrected chi connectivity index (χ1v) is 8.74. The molecule has 126 valence electrons. The van der Waals surface area contributed by atoms with Crippen LogP contribution in [0.4, 0.5) is 0 Å². The smallest absolute Gasteiger partial charge is 0.294 e. The van der Waals surface area contributed by atoms with Crippen LogP contribution in [-0.2, 0) is 13.1 Å². The molecule has 3 rings (SSSR count). The lowest BCUT2D eigenvalue weighted by Gasteiger charge is -2.32. The molecule has 1 saturated heterocycles. The molecule has 1 N–H and O–H groups in total. The van der Waals surface area contributed by atoms with E-state index in [1.165, 1.54) is 17.8 Å². The van der Waals surface area contributed by atoms with Gasteiger partial charge in [-0.1, -0.05) is 16.5 Å². The summed E-state index contributed by atoms with van der Waals surface area (Å²) in [6.07, 6.45) is 2.33. The molecule has 0 radical (unpaired) electrons.